The standard InChI is InChI=1S/C17H23BrN2O2/c1-12(11-21)10-19-16-9-13(18)7-8-15(16)20(17(19)22)14-5-3-2-4-6-14/h7-9,12,14,21H,2-6,10-11H2,1H3/t12-/m0/s1. The van der Waals surface area contributed by atoms with Gasteiger partial charge in [-0.2, -0.15) is 0 Å². The van der Waals surface area contributed by atoms with Crippen LogP contribution in [-0.2, 0) is 6.54 Å². The summed E-state index contributed by atoms with van der Waals surface area (Å²) >= 11 is 3.51. The third kappa shape index (κ3) is 2.88. The molecule has 1 fully saturated rings. The lowest BCUT2D eigenvalue weighted by Crippen LogP contribution is -2.30. The van der Waals surface area contributed by atoms with Gasteiger partial charge in [0.1, 0.15) is 0 Å². The average Bonchev–Trinajstić information content (AvgIpc) is 2.80. The van der Waals surface area contributed by atoms with Crippen LogP contribution in [-0.4, -0.2) is 20.8 Å². The Hall–Kier alpha value is -1.07. The van der Waals surface area contributed by atoms with E-state index in [9.17, 15) is 9.90 Å². The first kappa shape index (κ1) is 15.8. The Labute approximate surface area is 138 Å². The van der Waals surface area contributed by atoms with Gasteiger partial charge in [-0.05, 0) is 37.0 Å². The van der Waals surface area contributed by atoms with E-state index in [4.69, 9.17) is 0 Å². The molecule has 0 radical (unpaired) electrons. The van der Waals surface area contributed by atoms with Crippen LogP contribution < -0.4 is 5.69 Å². The van der Waals surface area contributed by atoms with Crippen molar-refractivity contribution in [2.75, 3.05) is 6.61 Å². The molecule has 22 heavy (non-hydrogen) atoms. The minimum Gasteiger partial charge on any atom is -0.396 e. The summed E-state index contributed by atoms with van der Waals surface area (Å²) in [6.45, 7) is 2.62. The quantitative estimate of drug-likeness (QED) is 0.896. The topological polar surface area (TPSA) is 47.2 Å². The Morgan fingerprint density at radius 1 is 1.27 bits per heavy atom. The molecule has 1 atom stereocenters. The molecule has 1 aromatic heterocycles. The highest BCUT2D eigenvalue weighted by molar-refractivity contribution is 9.10. The first-order chi connectivity index (χ1) is 10.6. The monoisotopic (exact) mass is 366 g/mol. The highest BCUT2D eigenvalue weighted by Gasteiger charge is 2.23. The summed E-state index contributed by atoms with van der Waals surface area (Å²) in [5.41, 5.74) is 2.05. The summed E-state index contributed by atoms with van der Waals surface area (Å²) < 4.78 is 4.80. The zero-order chi connectivity index (χ0) is 15.7. The molecule has 0 aliphatic heterocycles. The van der Waals surface area contributed by atoms with E-state index in [1.54, 1.807) is 0 Å². The smallest absolute Gasteiger partial charge is 0.329 e. The highest BCUT2D eigenvalue weighted by atomic mass is 79.9. The van der Waals surface area contributed by atoms with Gasteiger partial charge in [-0.1, -0.05) is 42.1 Å². The van der Waals surface area contributed by atoms with Gasteiger partial charge in [-0.3, -0.25) is 9.13 Å². The Balaban J connectivity index is 2.15. The predicted octanol–water partition coefficient (Wildman–Crippen LogP) is 3.70. The molecule has 0 bridgehead atoms. The molecule has 1 aromatic carbocycles. The Bertz CT molecular complexity index is 713. The van der Waals surface area contributed by atoms with Crippen LogP contribution in [0.3, 0.4) is 0 Å². The highest BCUT2D eigenvalue weighted by Crippen LogP contribution is 2.31. The van der Waals surface area contributed by atoms with Gasteiger partial charge in [0, 0.05) is 23.7 Å². The molecule has 5 heteroatoms. The maximum absolute atomic E-state index is 13.0. The SMILES string of the molecule is C[C@H](CO)Cn1c(=O)n(C2CCCCC2)c2ccc(Br)cc21. The molecule has 1 aliphatic rings. The largest absolute Gasteiger partial charge is 0.396 e. The molecule has 2 aromatic rings. The minimum absolute atomic E-state index is 0.0697. The van der Waals surface area contributed by atoms with Crippen LogP contribution in [0.4, 0.5) is 0 Å². The van der Waals surface area contributed by atoms with Gasteiger partial charge in [0.2, 0.25) is 0 Å². The molecule has 0 saturated heterocycles. The minimum atomic E-state index is 0.0697. The zero-order valence-electron chi connectivity index (χ0n) is 13.0. The van der Waals surface area contributed by atoms with Gasteiger partial charge in [-0.15, -0.1) is 0 Å². The third-order valence-corrected chi connectivity index (χ3v) is 5.16. The molecule has 1 N–H and O–H groups in total. The first-order valence-electron chi connectivity index (χ1n) is 8.13. The van der Waals surface area contributed by atoms with Gasteiger partial charge in [0.15, 0.2) is 0 Å². The zero-order valence-corrected chi connectivity index (χ0v) is 14.6. The van der Waals surface area contributed by atoms with Crippen LogP contribution in [0.15, 0.2) is 27.5 Å². The summed E-state index contributed by atoms with van der Waals surface area (Å²) in [7, 11) is 0. The van der Waals surface area contributed by atoms with Gasteiger partial charge in [0.25, 0.3) is 0 Å². The maximum Gasteiger partial charge on any atom is 0.329 e. The van der Waals surface area contributed by atoms with Crippen molar-refractivity contribution in [2.24, 2.45) is 5.92 Å². The number of fused-ring (bicyclic) bond motifs is 1. The van der Waals surface area contributed by atoms with Crippen molar-refractivity contribution in [2.45, 2.75) is 51.6 Å². The van der Waals surface area contributed by atoms with Gasteiger partial charge < -0.3 is 5.11 Å². The van der Waals surface area contributed by atoms with Gasteiger partial charge >= 0.3 is 5.69 Å². The van der Waals surface area contributed by atoms with Crippen LogP contribution in [0.25, 0.3) is 11.0 Å². The van der Waals surface area contributed by atoms with Gasteiger partial charge in [-0.25, -0.2) is 4.79 Å². The van der Waals surface area contributed by atoms with Crippen LogP contribution in [0.5, 0.6) is 0 Å². The van der Waals surface area contributed by atoms with Gasteiger partial charge in [0.05, 0.1) is 11.0 Å². The van der Waals surface area contributed by atoms with E-state index in [1.165, 1.54) is 19.3 Å². The number of rotatable bonds is 4. The molecule has 4 nitrogen and oxygen atoms in total. The van der Waals surface area contributed by atoms with Crippen molar-refractivity contribution in [3.63, 3.8) is 0 Å². The summed E-state index contributed by atoms with van der Waals surface area (Å²) in [6, 6.07) is 6.37. The number of aliphatic hydroxyl groups is 1. The number of aliphatic hydroxyl groups excluding tert-OH is 1. The van der Waals surface area contributed by atoms with Crippen LogP contribution in [0, 0.1) is 5.92 Å². The third-order valence-electron chi connectivity index (χ3n) is 4.67. The fraction of sp³-hybridized carbons (Fsp3) is 0.588. The summed E-state index contributed by atoms with van der Waals surface area (Å²) in [4.78, 5) is 13.0. The number of hydrogen-bond donors (Lipinski definition) is 1. The molecular formula is C17H23BrN2O2. The number of nitrogens with zero attached hydrogens (tertiary/aromatic N) is 2. The lowest BCUT2D eigenvalue weighted by molar-refractivity contribution is 0.222. The van der Waals surface area contributed by atoms with Crippen molar-refractivity contribution in [3.8, 4) is 0 Å². The van der Waals surface area contributed by atoms with E-state index >= 15 is 0 Å². The lowest BCUT2D eigenvalue weighted by Gasteiger charge is -2.23. The molecule has 0 unspecified atom stereocenters. The van der Waals surface area contributed by atoms with Crippen molar-refractivity contribution in [1.29, 1.82) is 0 Å². The van der Waals surface area contributed by atoms with Crippen molar-refractivity contribution >= 4 is 27.0 Å². The summed E-state index contributed by atoms with van der Waals surface area (Å²) in [5, 5.41) is 9.34. The molecule has 1 saturated carbocycles. The fourth-order valence-corrected chi connectivity index (χ4v) is 3.84. The number of halogens is 1. The van der Waals surface area contributed by atoms with E-state index in [2.05, 4.69) is 15.9 Å². The number of hydrogen-bond acceptors (Lipinski definition) is 2. The van der Waals surface area contributed by atoms with E-state index in [0.29, 0.717) is 12.6 Å². The molecule has 120 valence electrons. The summed E-state index contributed by atoms with van der Waals surface area (Å²) in [6.07, 6.45) is 5.85. The second-order valence-electron chi connectivity index (χ2n) is 6.48. The molecular weight excluding hydrogens is 344 g/mol. The molecule has 1 heterocycles. The second-order valence-corrected chi connectivity index (χ2v) is 7.39. The van der Waals surface area contributed by atoms with E-state index in [0.717, 1.165) is 28.3 Å². The Kier molecular flexibility index (Phi) is 4.73. The normalized spacial score (nSPS) is 18.0. The number of aromatic nitrogens is 2. The molecule has 3 rings (SSSR count). The second kappa shape index (κ2) is 6.59. The van der Waals surface area contributed by atoms with E-state index in [1.807, 2.05) is 34.3 Å². The van der Waals surface area contributed by atoms with Crippen LogP contribution in [0.1, 0.15) is 45.1 Å². The molecule has 0 amide bonds. The average molecular weight is 367 g/mol. The Morgan fingerprint density at radius 2 is 2.00 bits per heavy atom. The van der Waals surface area contributed by atoms with Crippen LogP contribution >= 0.6 is 15.9 Å². The summed E-state index contributed by atoms with van der Waals surface area (Å²) in [5.74, 6) is 0.0714. The fourth-order valence-electron chi connectivity index (χ4n) is 3.49. The van der Waals surface area contributed by atoms with Crippen LogP contribution in [0.2, 0.25) is 0 Å². The molecule has 0 spiro atoms. The maximum atomic E-state index is 13.0. The number of imidazole rings is 1. The molecule has 1 aliphatic carbocycles. The first-order valence-corrected chi connectivity index (χ1v) is 8.92. The predicted molar refractivity (Wildman–Crippen MR) is 92.3 cm³/mol. The number of benzene rings is 1. The van der Waals surface area contributed by atoms with Crippen molar-refractivity contribution in [1.82, 2.24) is 9.13 Å². The lowest BCUT2D eigenvalue weighted by atomic mass is 9.95. The van der Waals surface area contributed by atoms with Crippen molar-refractivity contribution < 1.29 is 5.11 Å². The van der Waals surface area contributed by atoms with E-state index < -0.39 is 0 Å². The Morgan fingerprint density at radius 3 is 2.68 bits per heavy atom. The van der Waals surface area contributed by atoms with E-state index in [-0.39, 0.29) is 18.2 Å². The van der Waals surface area contributed by atoms with Crippen molar-refractivity contribution in [3.05, 3.63) is 33.2 Å².